The Morgan fingerprint density at radius 2 is 1.88 bits per heavy atom. The number of aromatic nitrogens is 2. The van der Waals surface area contributed by atoms with Crippen LogP contribution in [0.5, 0.6) is 0 Å². The summed E-state index contributed by atoms with van der Waals surface area (Å²) in [6.07, 6.45) is 14.8. The van der Waals surface area contributed by atoms with Crippen LogP contribution in [0.4, 0.5) is 0 Å². The maximum atomic E-state index is 4.50. The second-order valence-electron chi connectivity index (χ2n) is 6.52. The van der Waals surface area contributed by atoms with Crippen molar-refractivity contribution < 1.29 is 0 Å². The SMILES string of the molecule is C1=c2ccc3c(c2CCC1)CC=c1c(-c2cnccn2)cccc1=3. The van der Waals surface area contributed by atoms with Crippen molar-refractivity contribution in [1.29, 1.82) is 0 Å². The molecule has 1 aromatic heterocycles. The Balaban J connectivity index is 1.90. The molecule has 2 aliphatic rings. The fraction of sp³-hybridized carbons (Fsp3) is 0.182. The lowest BCUT2D eigenvalue weighted by Gasteiger charge is -2.17. The number of rotatable bonds is 1. The van der Waals surface area contributed by atoms with Crippen molar-refractivity contribution in [2.45, 2.75) is 25.7 Å². The molecule has 0 N–H and O–H groups in total. The topological polar surface area (TPSA) is 25.8 Å². The Hall–Kier alpha value is -2.74. The molecule has 2 aromatic carbocycles. The van der Waals surface area contributed by atoms with E-state index in [9.17, 15) is 0 Å². The molecule has 0 bridgehead atoms. The van der Waals surface area contributed by atoms with Crippen molar-refractivity contribution in [3.05, 3.63) is 80.9 Å². The first-order valence-electron chi connectivity index (χ1n) is 8.63. The number of hydrogen-bond donors (Lipinski definition) is 0. The van der Waals surface area contributed by atoms with Crippen LogP contribution in [0.2, 0.25) is 0 Å². The van der Waals surface area contributed by atoms with Crippen LogP contribution in [0.15, 0.2) is 48.9 Å². The van der Waals surface area contributed by atoms with Gasteiger partial charge < -0.3 is 0 Å². The average Bonchev–Trinajstić information content (AvgIpc) is 2.67. The maximum absolute atomic E-state index is 4.50. The molecule has 2 aliphatic carbocycles. The summed E-state index contributed by atoms with van der Waals surface area (Å²) < 4.78 is 0. The van der Waals surface area contributed by atoms with Crippen LogP contribution in [0, 0.1) is 10.4 Å². The van der Waals surface area contributed by atoms with Crippen LogP contribution in [-0.4, -0.2) is 9.97 Å². The van der Waals surface area contributed by atoms with E-state index in [0.29, 0.717) is 0 Å². The van der Waals surface area contributed by atoms with Crippen LogP contribution < -0.4 is 10.4 Å². The molecule has 2 nitrogen and oxygen atoms in total. The van der Waals surface area contributed by atoms with E-state index in [4.69, 9.17) is 0 Å². The van der Waals surface area contributed by atoms with Gasteiger partial charge in [-0.3, -0.25) is 9.97 Å². The minimum atomic E-state index is 0.945. The van der Waals surface area contributed by atoms with Crippen molar-refractivity contribution in [3.63, 3.8) is 0 Å². The standard InChI is InChI=1S/C22H18N2/c1-2-5-16-15(4-1)8-9-19-17-6-3-7-21(20(17)11-10-18(16)19)22-14-23-12-13-24-22/h3-4,6-9,11-14H,1-2,5,10H2. The van der Waals surface area contributed by atoms with Crippen molar-refractivity contribution in [1.82, 2.24) is 9.97 Å². The average molecular weight is 310 g/mol. The first kappa shape index (κ1) is 13.7. The first-order valence-corrected chi connectivity index (χ1v) is 8.63. The first-order chi connectivity index (χ1) is 11.9. The monoisotopic (exact) mass is 310 g/mol. The van der Waals surface area contributed by atoms with Crippen LogP contribution in [0.25, 0.3) is 23.4 Å². The molecular weight excluding hydrogens is 292 g/mol. The Bertz CT molecular complexity index is 1150. The molecule has 0 saturated carbocycles. The summed E-state index contributed by atoms with van der Waals surface area (Å²) in [5.41, 5.74) is 5.20. The van der Waals surface area contributed by atoms with Gasteiger partial charge >= 0.3 is 0 Å². The molecule has 116 valence electrons. The Morgan fingerprint density at radius 3 is 2.79 bits per heavy atom. The van der Waals surface area contributed by atoms with Crippen LogP contribution in [0.3, 0.4) is 0 Å². The third-order valence-corrected chi connectivity index (χ3v) is 5.21. The molecule has 0 unspecified atom stereocenters. The lowest BCUT2D eigenvalue weighted by molar-refractivity contribution is 0.824. The summed E-state index contributed by atoms with van der Waals surface area (Å²) in [5, 5.41) is 5.47. The van der Waals surface area contributed by atoms with E-state index in [-0.39, 0.29) is 0 Å². The van der Waals surface area contributed by atoms with Crippen molar-refractivity contribution >= 4 is 12.2 Å². The molecular formula is C22H18N2. The van der Waals surface area contributed by atoms with Gasteiger partial charge in [0.05, 0.1) is 11.9 Å². The quantitative estimate of drug-likeness (QED) is 0.691. The summed E-state index contributed by atoms with van der Waals surface area (Å²) in [6, 6.07) is 11.1. The van der Waals surface area contributed by atoms with E-state index in [1.807, 2.05) is 6.20 Å². The second-order valence-corrected chi connectivity index (χ2v) is 6.52. The van der Waals surface area contributed by atoms with Gasteiger partial charge in [-0.15, -0.1) is 0 Å². The van der Waals surface area contributed by atoms with Crippen LogP contribution in [0.1, 0.15) is 24.0 Å². The van der Waals surface area contributed by atoms with E-state index in [2.05, 4.69) is 52.5 Å². The zero-order valence-electron chi connectivity index (χ0n) is 13.5. The molecule has 0 fully saturated rings. The number of fused-ring (bicyclic) bond motifs is 4. The van der Waals surface area contributed by atoms with Crippen molar-refractivity contribution in [3.8, 4) is 11.3 Å². The number of nitrogens with zero attached hydrogens (tertiary/aromatic N) is 2. The molecule has 0 spiro atoms. The lowest BCUT2D eigenvalue weighted by Crippen LogP contribution is -2.20. The van der Waals surface area contributed by atoms with E-state index in [0.717, 1.165) is 12.1 Å². The zero-order valence-corrected chi connectivity index (χ0v) is 13.5. The molecule has 0 atom stereocenters. The molecule has 24 heavy (non-hydrogen) atoms. The van der Waals surface area contributed by atoms with Gasteiger partial charge in [-0.05, 0) is 57.7 Å². The van der Waals surface area contributed by atoms with Gasteiger partial charge in [0.15, 0.2) is 0 Å². The summed E-state index contributed by atoms with van der Waals surface area (Å²) in [4.78, 5) is 8.73. The highest BCUT2D eigenvalue weighted by atomic mass is 14.8. The Labute approximate surface area is 140 Å². The molecule has 3 aromatic rings. The highest BCUT2D eigenvalue weighted by molar-refractivity contribution is 5.63. The molecule has 1 heterocycles. The predicted octanol–water partition coefficient (Wildman–Crippen LogP) is 2.88. The third-order valence-electron chi connectivity index (χ3n) is 5.21. The van der Waals surface area contributed by atoms with Crippen molar-refractivity contribution in [2.24, 2.45) is 0 Å². The molecule has 0 radical (unpaired) electrons. The minimum Gasteiger partial charge on any atom is -0.261 e. The predicted molar refractivity (Wildman–Crippen MR) is 96.4 cm³/mol. The number of hydrogen-bond acceptors (Lipinski definition) is 2. The van der Waals surface area contributed by atoms with Crippen molar-refractivity contribution in [2.75, 3.05) is 0 Å². The second kappa shape index (κ2) is 5.41. The summed E-state index contributed by atoms with van der Waals surface area (Å²) in [7, 11) is 0. The van der Waals surface area contributed by atoms with Gasteiger partial charge in [0, 0.05) is 18.0 Å². The Kier molecular flexibility index (Phi) is 3.08. The van der Waals surface area contributed by atoms with E-state index >= 15 is 0 Å². The lowest BCUT2D eigenvalue weighted by atomic mass is 9.88. The van der Waals surface area contributed by atoms with Gasteiger partial charge in [0.2, 0.25) is 0 Å². The smallest absolute Gasteiger partial charge is 0.0891 e. The molecule has 0 amide bonds. The fourth-order valence-electron chi connectivity index (χ4n) is 4.11. The maximum Gasteiger partial charge on any atom is 0.0891 e. The molecule has 2 heteroatoms. The van der Waals surface area contributed by atoms with E-state index < -0.39 is 0 Å². The highest BCUT2D eigenvalue weighted by Gasteiger charge is 2.13. The Morgan fingerprint density at radius 1 is 0.875 bits per heavy atom. The zero-order chi connectivity index (χ0) is 15.9. The van der Waals surface area contributed by atoms with Gasteiger partial charge in [0.1, 0.15) is 0 Å². The van der Waals surface area contributed by atoms with Crippen LogP contribution in [-0.2, 0) is 12.8 Å². The van der Waals surface area contributed by atoms with Gasteiger partial charge in [-0.25, -0.2) is 0 Å². The van der Waals surface area contributed by atoms with Gasteiger partial charge in [-0.2, -0.15) is 0 Å². The summed E-state index contributed by atoms with van der Waals surface area (Å²) >= 11 is 0. The molecule has 5 rings (SSSR count). The van der Waals surface area contributed by atoms with E-state index in [1.165, 1.54) is 51.3 Å². The van der Waals surface area contributed by atoms with Gasteiger partial charge in [-0.1, -0.05) is 42.5 Å². The highest BCUT2D eigenvalue weighted by Crippen LogP contribution is 2.19. The third kappa shape index (κ3) is 2.03. The normalized spacial score (nSPS) is 14.7. The summed E-state index contributed by atoms with van der Waals surface area (Å²) in [5.74, 6) is 0. The number of benzene rings is 2. The molecule has 0 saturated heterocycles. The minimum absolute atomic E-state index is 0.945. The largest absolute Gasteiger partial charge is 0.261 e. The van der Waals surface area contributed by atoms with Gasteiger partial charge in [0.25, 0.3) is 0 Å². The van der Waals surface area contributed by atoms with Crippen LogP contribution >= 0.6 is 0 Å². The fourth-order valence-corrected chi connectivity index (χ4v) is 4.11. The summed E-state index contributed by atoms with van der Waals surface area (Å²) in [6.45, 7) is 0. The van der Waals surface area contributed by atoms with E-state index in [1.54, 1.807) is 18.0 Å². The molecule has 0 aliphatic heterocycles.